The van der Waals surface area contributed by atoms with Crippen molar-refractivity contribution >= 4 is 17.0 Å². The molecule has 1 N–H and O–H groups in total. The molecular weight excluding hydrogens is 420 g/mol. The zero-order chi connectivity index (χ0) is 23.7. The molecule has 2 unspecified atom stereocenters. The van der Waals surface area contributed by atoms with Crippen molar-refractivity contribution in [3.63, 3.8) is 0 Å². The Morgan fingerprint density at radius 1 is 1.30 bits per heavy atom. The number of fused-ring (bicyclic) bond motifs is 1. The maximum atomic E-state index is 12.7. The van der Waals surface area contributed by atoms with Gasteiger partial charge in [0, 0.05) is 44.4 Å². The Labute approximate surface area is 193 Å². The minimum atomic E-state index is -0.394. The van der Waals surface area contributed by atoms with Crippen molar-refractivity contribution in [1.29, 1.82) is 0 Å². The van der Waals surface area contributed by atoms with Gasteiger partial charge < -0.3 is 23.9 Å². The van der Waals surface area contributed by atoms with Crippen LogP contribution < -0.4 is 10.9 Å². The van der Waals surface area contributed by atoms with E-state index in [1.807, 2.05) is 62.8 Å². The molecule has 4 rings (SSSR count). The fourth-order valence-electron chi connectivity index (χ4n) is 4.28. The molecule has 0 aliphatic carbocycles. The number of hydrogen-bond acceptors (Lipinski definition) is 6. The van der Waals surface area contributed by atoms with Crippen molar-refractivity contribution in [3.8, 4) is 11.4 Å². The Balaban J connectivity index is 1.53. The molecule has 1 aromatic carbocycles. The smallest absolute Gasteiger partial charge is 0.323 e. The van der Waals surface area contributed by atoms with Gasteiger partial charge in [-0.15, -0.1) is 0 Å². The number of carbonyl (C=O) groups excluding carboxylic acids is 1. The lowest BCUT2D eigenvalue weighted by atomic mass is 10.0. The van der Waals surface area contributed by atoms with E-state index in [-0.39, 0.29) is 23.6 Å². The highest BCUT2D eigenvalue weighted by Crippen LogP contribution is 2.24. The first-order valence-electron chi connectivity index (χ1n) is 11.4. The van der Waals surface area contributed by atoms with Gasteiger partial charge >= 0.3 is 5.97 Å². The van der Waals surface area contributed by atoms with E-state index in [2.05, 4.69) is 5.32 Å². The third-order valence-corrected chi connectivity index (χ3v) is 6.18. The standard InChI is InChI=1S/C25H32N4O4/c1-15(2)22(25(31)33-19-8-9-32-14-19)26-12-17-6-7-21-20(11-17)27-23(29(21)5)18-10-16(3)24(30)28(4)13-18/h6-7,10-11,13,15,19,22,26H,8-9,12,14H2,1-5H3. The molecule has 1 saturated heterocycles. The maximum absolute atomic E-state index is 12.7. The normalized spacial score (nSPS) is 17.1. The lowest BCUT2D eigenvalue weighted by Crippen LogP contribution is -2.43. The molecule has 0 spiro atoms. The highest BCUT2D eigenvalue weighted by Gasteiger charge is 2.28. The molecule has 0 saturated carbocycles. The van der Waals surface area contributed by atoms with E-state index in [9.17, 15) is 9.59 Å². The van der Waals surface area contributed by atoms with Gasteiger partial charge in [0.15, 0.2) is 0 Å². The number of imidazole rings is 1. The van der Waals surface area contributed by atoms with Crippen molar-refractivity contribution < 1.29 is 14.3 Å². The zero-order valence-corrected chi connectivity index (χ0v) is 19.9. The Morgan fingerprint density at radius 2 is 2.09 bits per heavy atom. The molecule has 0 bridgehead atoms. The van der Waals surface area contributed by atoms with Gasteiger partial charge in [-0.1, -0.05) is 19.9 Å². The summed E-state index contributed by atoms with van der Waals surface area (Å²) in [4.78, 5) is 29.6. The number of pyridine rings is 1. The molecule has 1 fully saturated rings. The Kier molecular flexibility index (Phi) is 6.67. The molecule has 8 heteroatoms. The quantitative estimate of drug-likeness (QED) is 0.555. The summed E-state index contributed by atoms with van der Waals surface area (Å²) >= 11 is 0. The summed E-state index contributed by atoms with van der Waals surface area (Å²) < 4.78 is 14.5. The van der Waals surface area contributed by atoms with Crippen molar-refractivity contribution in [1.82, 2.24) is 19.4 Å². The molecule has 2 aromatic heterocycles. The molecule has 33 heavy (non-hydrogen) atoms. The predicted octanol–water partition coefficient (Wildman–Crippen LogP) is 2.69. The molecule has 0 amide bonds. The molecule has 0 radical (unpaired) electrons. The SMILES string of the molecule is Cc1cc(-c2nc3cc(CNC(C(=O)OC4CCOC4)C(C)C)ccc3n2C)cn(C)c1=O. The number of nitrogens with one attached hydrogen (secondary N) is 1. The van der Waals surface area contributed by atoms with Crippen LogP contribution in [0.3, 0.4) is 0 Å². The summed E-state index contributed by atoms with van der Waals surface area (Å²) in [6.45, 7) is 7.47. The number of ether oxygens (including phenoxy) is 2. The second-order valence-electron chi connectivity index (χ2n) is 9.17. The van der Waals surface area contributed by atoms with Crippen LogP contribution in [0.2, 0.25) is 0 Å². The van der Waals surface area contributed by atoms with Crippen molar-refractivity contribution in [2.75, 3.05) is 13.2 Å². The van der Waals surface area contributed by atoms with Crippen LogP contribution in [0.15, 0.2) is 35.3 Å². The van der Waals surface area contributed by atoms with E-state index in [4.69, 9.17) is 14.5 Å². The van der Waals surface area contributed by atoms with E-state index in [0.717, 1.165) is 34.4 Å². The van der Waals surface area contributed by atoms with Crippen LogP contribution in [0.1, 0.15) is 31.4 Å². The van der Waals surface area contributed by atoms with Crippen LogP contribution in [0.25, 0.3) is 22.4 Å². The van der Waals surface area contributed by atoms with E-state index < -0.39 is 6.04 Å². The van der Waals surface area contributed by atoms with Gasteiger partial charge in [0.05, 0.1) is 24.2 Å². The molecule has 2 atom stereocenters. The van der Waals surface area contributed by atoms with Gasteiger partial charge in [0.25, 0.3) is 5.56 Å². The third-order valence-electron chi connectivity index (χ3n) is 6.18. The topological polar surface area (TPSA) is 87.4 Å². The molecule has 1 aliphatic rings. The summed E-state index contributed by atoms with van der Waals surface area (Å²) in [6.07, 6.45) is 2.42. The average molecular weight is 453 g/mol. The highest BCUT2D eigenvalue weighted by atomic mass is 16.6. The first kappa shape index (κ1) is 23.2. The van der Waals surface area contributed by atoms with E-state index >= 15 is 0 Å². The van der Waals surface area contributed by atoms with Gasteiger partial charge in [-0.3, -0.25) is 9.59 Å². The highest BCUT2D eigenvalue weighted by molar-refractivity contribution is 5.81. The van der Waals surface area contributed by atoms with Crippen LogP contribution in [0.5, 0.6) is 0 Å². The van der Waals surface area contributed by atoms with Crippen LogP contribution in [0, 0.1) is 12.8 Å². The van der Waals surface area contributed by atoms with Gasteiger partial charge in [-0.2, -0.15) is 0 Å². The molecular formula is C25H32N4O4. The van der Waals surface area contributed by atoms with Crippen molar-refractivity contribution in [2.24, 2.45) is 20.0 Å². The Morgan fingerprint density at radius 3 is 2.76 bits per heavy atom. The summed E-state index contributed by atoms with van der Waals surface area (Å²) in [7, 11) is 3.72. The number of aromatic nitrogens is 3. The minimum Gasteiger partial charge on any atom is -0.459 e. The lowest BCUT2D eigenvalue weighted by molar-refractivity contribution is -0.152. The number of esters is 1. The fraction of sp³-hybridized carbons (Fsp3) is 0.480. The van der Waals surface area contributed by atoms with Crippen LogP contribution >= 0.6 is 0 Å². The number of nitrogens with zero attached hydrogens (tertiary/aromatic N) is 3. The maximum Gasteiger partial charge on any atom is 0.323 e. The van der Waals surface area contributed by atoms with Crippen molar-refractivity contribution in [2.45, 2.75) is 45.9 Å². The van der Waals surface area contributed by atoms with Gasteiger partial charge in [-0.05, 0) is 36.6 Å². The van der Waals surface area contributed by atoms with Crippen LogP contribution in [0.4, 0.5) is 0 Å². The summed E-state index contributed by atoms with van der Waals surface area (Å²) in [6, 6.07) is 7.60. The Hall–Kier alpha value is -2.97. The second-order valence-corrected chi connectivity index (χ2v) is 9.17. The third kappa shape index (κ3) is 4.86. The summed E-state index contributed by atoms with van der Waals surface area (Å²) in [5.41, 5.74) is 4.47. The second kappa shape index (κ2) is 9.49. The van der Waals surface area contributed by atoms with Gasteiger partial charge in [0.2, 0.25) is 0 Å². The van der Waals surface area contributed by atoms with Gasteiger partial charge in [0.1, 0.15) is 18.0 Å². The molecule has 3 aromatic rings. The number of carbonyl (C=O) groups is 1. The molecule has 1 aliphatic heterocycles. The molecule has 176 valence electrons. The molecule has 8 nitrogen and oxygen atoms in total. The largest absolute Gasteiger partial charge is 0.459 e. The number of benzene rings is 1. The number of aryl methyl sites for hydroxylation is 3. The van der Waals surface area contributed by atoms with Crippen LogP contribution in [-0.4, -0.2) is 45.4 Å². The fourth-order valence-corrected chi connectivity index (χ4v) is 4.28. The predicted molar refractivity (Wildman–Crippen MR) is 127 cm³/mol. The minimum absolute atomic E-state index is 0.00966. The first-order chi connectivity index (χ1) is 15.7. The molecule has 3 heterocycles. The average Bonchev–Trinajstić information content (AvgIpc) is 3.39. The van der Waals surface area contributed by atoms with Crippen molar-refractivity contribution in [3.05, 3.63) is 51.9 Å². The van der Waals surface area contributed by atoms with Gasteiger partial charge in [-0.25, -0.2) is 4.98 Å². The van der Waals surface area contributed by atoms with E-state index in [0.29, 0.717) is 25.3 Å². The monoisotopic (exact) mass is 452 g/mol. The zero-order valence-electron chi connectivity index (χ0n) is 19.9. The number of rotatable bonds is 7. The van der Waals surface area contributed by atoms with Crippen LogP contribution in [-0.2, 0) is 34.9 Å². The van der Waals surface area contributed by atoms with E-state index in [1.165, 1.54) is 0 Å². The first-order valence-corrected chi connectivity index (χ1v) is 11.4. The lowest BCUT2D eigenvalue weighted by Gasteiger charge is -2.22. The summed E-state index contributed by atoms with van der Waals surface area (Å²) in [5, 5.41) is 3.36. The number of hydrogen-bond donors (Lipinski definition) is 1. The van der Waals surface area contributed by atoms with E-state index in [1.54, 1.807) is 11.6 Å². The summed E-state index contributed by atoms with van der Waals surface area (Å²) in [5.74, 6) is 0.668. The Bertz CT molecular complexity index is 1190.